The molecule has 3 heterocycles. The van der Waals surface area contributed by atoms with E-state index in [1.807, 2.05) is 41.1 Å². The Balaban J connectivity index is 1.77. The van der Waals surface area contributed by atoms with Crippen LogP contribution in [0.3, 0.4) is 0 Å². The van der Waals surface area contributed by atoms with Gasteiger partial charge in [-0.3, -0.25) is 0 Å². The molecule has 0 unspecified atom stereocenters. The average molecular weight is 459 g/mol. The van der Waals surface area contributed by atoms with Crippen molar-refractivity contribution in [2.75, 3.05) is 0 Å². The van der Waals surface area contributed by atoms with Gasteiger partial charge in [0.1, 0.15) is 11.1 Å². The molecule has 0 N–H and O–H groups in total. The van der Waals surface area contributed by atoms with Gasteiger partial charge in [-0.1, -0.05) is 30.3 Å². The van der Waals surface area contributed by atoms with Crippen LogP contribution in [-0.2, 0) is 11.9 Å². The zero-order valence-electron chi connectivity index (χ0n) is 15.3. The first-order valence-corrected chi connectivity index (χ1v) is 11.5. The van der Waals surface area contributed by atoms with Gasteiger partial charge in [0.2, 0.25) is 0 Å². The fourth-order valence-electron chi connectivity index (χ4n) is 2.98. The van der Waals surface area contributed by atoms with Gasteiger partial charge in [0.05, 0.1) is 21.7 Å². The molecule has 1 aromatic carbocycles. The van der Waals surface area contributed by atoms with Crippen LogP contribution in [0.2, 0.25) is 0 Å². The lowest BCUT2D eigenvalue weighted by Crippen LogP contribution is -2.08. The molecule has 0 aliphatic rings. The van der Waals surface area contributed by atoms with Crippen LogP contribution in [0.1, 0.15) is 16.7 Å². The smallest absolute Gasteiger partial charge is 0.239 e. The molecule has 0 radical (unpaired) electrons. The zero-order valence-corrected chi connectivity index (χ0v) is 17.8. The van der Waals surface area contributed by atoms with E-state index in [1.54, 1.807) is 6.07 Å². The number of nitriles is 1. The standard InChI is InChI=1S/C22H13F3N2S3/c23-22(24,25)17-6-2-1-5-14(17)13-30-21-16(12-26)15(19-7-3-9-28-19)11-18(27-21)20-8-4-10-29-20/h1-11H,13H2. The summed E-state index contributed by atoms with van der Waals surface area (Å²) < 4.78 is 40.0. The predicted molar refractivity (Wildman–Crippen MR) is 117 cm³/mol. The van der Waals surface area contributed by atoms with E-state index in [9.17, 15) is 18.4 Å². The third-order valence-electron chi connectivity index (χ3n) is 4.35. The number of benzene rings is 1. The summed E-state index contributed by atoms with van der Waals surface area (Å²) in [4.78, 5) is 6.50. The van der Waals surface area contributed by atoms with Crippen LogP contribution >= 0.6 is 34.4 Å². The SMILES string of the molecule is N#Cc1c(-c2cccs2)cc(-c2cccs2)nc1SCc1ccccc1C(F)(F)F. The highest BCUT2D eigenvalue weighted by molar-refractivity contribution is 7.98. The van der Waals surface area contributed by atoms with Gasteiger partial charge in [-0.05, 0) is 40.6 Å². The molecule has 4 rings (SSSR count). The minimum Gasteiger partial charge on any atom is -0.239 e. The Morgan fingerprint density at radius 3 is 2.30 bits per heavy atom. The van der Waals surface area contributed by atoms with Crippen LogP contribution in [0.25, 0.3) is 21.0 Å². The van der Waals surface area contributed by atoms with Crippen LogP contribution in [0.4, 0.5) is 13.2 Å². The van der Waals surface area contributed by atoms with Gasteiger partial charge in [0.25, 0.3) is 0 Å². The summed E-state index contributed by atoms with van der Waals surface area (Å²) in [5.41, 5.74) is 1.34. The predicted octanol–water partition coefficient (Wildman–Crippen LogP) is 7.72. The second-order valence-electron chi connectivity index (χ2n) is 6.25. The first-order valence-electron chi connectivity index (χ1n) is 8.78. The fourth-order valence-corrected chi connectivity index (χ4v) is 5.42. The summed E-state index contributed by atoms with van der Waals surface area (Å²) in [6.45, 7) is 0. The lowest BCUT2D eigenvalue weighted by molar-refractivity contribution is -0.138. The lowest BCUT2D eigenvalue weighted by atomic mass is 10.1. The Hall–Kier alpha value is -2.60. The molecule has 0 fully saturated rings. The molecular weight excluding hydrogens is 445 g/mol. The lowest BCUT2D eigenvalue weighted by Gasteiger charge is -2.14. The number of thioether (sulfide) groups is 1. The van der Waals surface area contributed by atoms with Gasteiger partial charge in [0, 0.05) is 16.2 Å². The summed E-state index contributed by atoms with van der Waals surface area (Å²) in [7, 11) is 0. The highest BCUT2D eigenvalue weighted by Gasteiger charge is 2.33. The molecule has 0 aliphatic carbocycles. The number of hydrogen-bond donors (Lipinski definition) is 0. The third kappa shape index (κ3) is 4.29. The average Bonchev–Trinajstić information content (AvgIpc) is 3.45. The van der Waals surface area contributed by atoms with Crippen LogP contribution < -0.4 is 0 Å². The molecular formula is C22H13F3N2S3. The van der Waals surface area contributed by atoms with E-state index in [2.05, 4.69) is 11.1 Å². The first-order chi connectivity index (χ1) is 14.5. The van der Waals surface area contributed by atoms with Crippen molar-refractivity contribution >= 4 is 34.4 Å². The van der Waals surface area contributed by atoms with Crippen molar-refractivity contribution in [3.63, 3.8) is 0 Å². The van der Waals surface area contributed by atoms with Gasteiger partial charge >= 0.3 is 6.18 Å². The molecule has 0 atom stereocenters. The van der Waals surface area contributed by atoms with Crippen molar-refractivity contribution in [1.82, 2.24) is 4.98 Å². The van der Waals surface area contributed by atoms with E-state index < -0.39 is 11.7 Å². The van der Waals surface area contributed by atoms with Gasteiger partial charge in [0.15, 0.2) is 0 Å². The monoisotopic (exact) mass is 458 g/mol. The molecule has 8 heteroatoms. The Morgan fingerprint density at radius 1 is 0.967 bits per heavy atom. The molecule has 3 aromatic heterocycles. The number of halogens is 3. The number of hydrogen-bond acceptors (Lipinski definition) is 5. The summed E-state index contributed by atoms with van der Waals surface area (Å²) >= 11 is 4.18. The van der Waals surface area contributed by atoms with Crippen molar-refractivity contribution < 1.29 is 13.2 Å². The molecule has 30 heavy (non-hydrogen) atoms. The number of alkyl halides is 3. The van der Waals surface area contributed by atoms with Crippen LogP contribution in [0, 0.1) is 11.3 Å². The van der Waals surface area contributed by atoms with Gasteiger partial charge in [-0.25, -0.2) is 4.98 Å². The second-order valence-corrected chi connectivity index (χ2v) is 9.10. The van der Waals surface area contributed by atoms with E-state index in [1.165, 1.54) is 34.8 Å². The molecule has 150 valence electrons. The molecule has 0 saturated carbocycles. The van der Waals surface area contributed by atoms with Crippen molar-refractivity contribution in [2.45, 2.75) is 17.0 Å². The largest absolute Gasteiger partial charge is 0.416 e. The third-order valence-corrected chi connectivity index (χ3v) is 7.17. The topological polar surface area (TPSA) is 36.7 Å². The normalized spacial score (nSPS) is 11.4. The van der Waals surface area contributed by atoms with Gasteiger partial charge in [-0.15, -0.1) is 34.4 Å². The number of nitrogens with zero attached hydrogens (tertiary/aromatic N) is 2. The van der Waals surface area contributed by atoms with Crippen molar-refractivity contribution in [2.24, 2.45) is 0 Å². The number of rotatable bonds is 5. The summed E-state index contributed by atoms with van der Waals surface area (Å²) in [5.74, 6) is 0.0646. The highest BCUT2D eigenvalue weighted by atomic mass is 32.2. The van der Waals surface area contributed by atoms with Crippen molar-refractivity contribution in [1.29, 1.82) is 5.26 Å². The molecule has 0 amide bonds. The van der Waals surface area contributed by atoms with Gasteiger partial charge in [-0.2, -0.15) is 18.4 Å². The number of thiophene rings is 2. The minimum absolute atomic E-state index is 0.0646. The minimum atomic E-state index is -4.43. The van der Waals surface area contributed by atoms with Crippen LogP contribution in [0.15, 0.2) is 70.4 Å². The summed E-state index contributed by atoms with van der Waals surface area (Å²) in [6.07, 6.45) is -4.43. The number of aromatic nitrogens is 1. The Bertz CT molecular complexity index is 1190. The maximum absolute atomic E-state index is 13.3. The van der Waals surface area contributed by atoms with Gasteiger partial charge < -0.3 is 0 Å². The number of pyridine rings is 1. The first kappa shape index (κ1) is 20.7. The molecule has 2 nitrogen and oxygen atoms in total. The Labute approximate surface area is 183 Å². The maximum atomic E-state index is 13.3. The van der Waals surface area contributed by atoms with Crippen LogP contribution in [0.5, 0.6) is 0 Å². The molecule has 0 saturated heterocycles. The van der Waals surface area contributed by atoms with E-state index in [0.717, 1.165) is 33.1 Å². The fraction of sp³-hybridized carbons (Fsp3) is 0.0909. The molecule has 0 bridgehead atoms. The van der Waals surface area contributed by atoms with Crippen LogP contribution in [-0.4, -0.2) is 4.98 Å². The maximum Gasteiger partial charge on any atom is 0.416 e. The molecule has 0 spiro atoms. The zero-order chi connectivity index (χ0) is 21.1. The highest BCUT2D eigenvalue weighted by Crippen LogP contribution is 2.39. The molecule has 4 aromatic rings. The van der Waals surface area contributed by atoms with E-state index in [4.69, 9.17) is 0 Å². The van der Waals surface area contributed by atoms with E-state index in [-0.39, 0.29) is 11.3 Å². The van der Waals surface area contributed by atoms with Crippen molar-refractivity contribution in [3.8, 4) is 27.1 Å². The Kier molecular flexibility index (Phi) is 5.95. The molecule has 0 aliphatic heterocycles. The Morgan fingerprint density at radius 2 is 1.67 bits per heavy atom. The summed E-state index contributed by atoms with van der Waals surface area (Å²) in [5, 5.41) is 14.1. The summed E-state index contributed by atoms with van der Waals surface area (Å²) in [6, 6.07) is 17.3. The van der Waals surface area contributed by atoms with E-state index >= 15 is 0 Å². The second kappa shape index (κ2) is 8.64. The van der Waals surface area contributed by atoms with Crippen molar-refractivity contribution in [3.05, 3.63) is 82.0 Å². The quantitative estimate of drug-likeness (QED) is 0.287. The van der Waals surface area contributed by atoms with E-state index in [0.29, 0.717) is 16.3 Å².